The van der Waals surface area contributed by atoms with Crippen molar-refractivity contribution in [3.63, 3.8) is 0 Å². The van der Waals surface area contributed by atoms with Gasteiger partial charge in [0.25, 0.3) is 0 Å². The van der Waals surface area contributed by atoms with Crippen molar-refractivity contribution in [2.75, 3.05) is 6.61 Å². The number of hydrogen-bond donors (Lipinski definition) is 0. The van der Waals surface area contributed by atoms with E-state index in [1.54, 1.807) is 0 Å². The third kappa shape index (κ3) is 2.40. The number of ether oxygens (including phenoxy) is 1. The topological polar surface area (TPSA) is 27.1 Å². The molecule has 1 unspecified atom stereocenters. The molecule has 0 amide bonds. The van der Waals surface area contributed by atoms with Gasteiger partial charge in [0.15, 0.2) is 0 Å². The van der Waals surface area contributed by atoms with Crippen LogP contribution < -0.4 is 0 Å². The van der Waals surface area contributed by atoms with Gasteiger partial charge >= 0.3 is 0 Å². The zero-order valence-electron chi connectivity index (χ0n) is 9.86. The second-order valence-electron chi connectivity index (χ2n) is 5.28. The monoisotopic (exact) mass is 208 g/mol. The first-order valence-corrected chi connectivity index (χ1v) is 5.73. The van der Waals surface area contributed by atoms with Gasteiger partial charge in [0, 0.05) is 12.8 Å². The standard InChI is InChI=1S/C12H20N2O/c1-12(2,3)10-8-13-14(9-10)11-6-4-5-7-15-11/h8-9,11H,4-7H2,1-3H3. The molecule has 0 bridgehead atoms. The number of hydrogen-bond acceptors (Lipinski definition) is 2. The summed E-state index contributed by atoms with van der Waals surface area (Å²) in [5.41, 5.74) is 1.45. The van der Waals surface area contributed by atoms with Gasteiger partial charge in [-0.1, -0.05) is 20.8 Å². The lowest BCUT2D eigenvalue weighted by atomic mass is 9.90. The normalized spacial score (nSPS) is 23.0. The highest BCUT2D eigenvalue weighted by atomic mass is 16.5. The molecule has 1 fully saturated rings. The lowest BCUT2D eigenvalue weighted by Crippen LogP contribution is -2.18. The highest BCUT2D eigenvalue weighted by Crippen LogP contribution is 2.26. The predicted octanol–water partition coefficient (Wildman–Crippen LogP) is 2.88. The molecule has 3 nitrogen and oxygen atoms in total. The van der Waals surface area contributed by atoms with Gasteiger partial charge in [0.05, 0.1) is 6.20 Å². The minimum Gasteiger partial charge on any atom is -0.357 e. The summed E-state index contributed by atoms with van der Waals surface area (Å²) in [6.07, 6.45) is 7.76. The maximum absolute atomic E-state index is 5.69. The maximum atomic E-state index is 5.69. The van der Waals surface area contributed by atoms with Gasteiger partial charge in [0.1, 0.15) is 6.23 Å². The molecule has 0 aromatic carbocycles. The summed E-state index contributed by atoms with van der Waals surface area (Å²) >= 11 is 0. The molecule has 1 aliphatic heterocycles. The van der Waals surface area contributed by atoms with E-state index in [9.17, 15) is 0 Å². The Morgan fingerprint density at radius 2 is 2.20 bits per heavy atom. The molecule has 0 spiro atoms. The summed E-state index contributed by atoms with van der Waals surface area (Å²) in [5.74, 6) is 0. The number of rotatable bonds is 1. The van der Waals surface area contributed by atoms with Gasteiger partial charge in [-0.25, -0.2) is 4.68 Å². The molecule has 2 rings (SSSR count). The number of nitrogens with zero attached hydrogens (tertiary/aromatic N) is 2. The quantitative estimate of drug-likeness (QED) is 0.709. The minimum atomic E-state index is 0.162. The summed E-state index contributed by atoms with van der Waals surface area (Å²) in [6, 6.07) is 0. The van der Waals surface area contributed by atoms with Crippen molar-refractivity contribution < 1.29 is 4.74 Å². The highest BCUT2D eigenvalue weighted by Gasteiger charge is 2.20. The van der Waals surface area contributed by atoms with Crippen LogP contribution in [0.15, 0.2) is 12.4 Å². The van der Waals surface area contributed by atoms with Crippen molar-refractivity contribution in [1.29, 1.82) is 0 Å². The SMILES string of the molecule is CC(C)(C)c1cnn(C2CCCCO2)c1. The molecule has 0 N–H and O–H groups in total. The predicted molar refractivity (Wildman–Crippen MR) is 59.8 cm³/mol. The van der Waals surface area contributed by atoms with Crippen molar-refractivity contribution in [2.24, 2.45) is 0 Å². The molecule has 84 valence electrons. The summed E-state index contributed by atoms with van der Waals surface area (Å²) in [4.78, 5) is 0. The van der Waals surface area contributed by atoms with Crippen LogP contribution in [0.5, 0.6) is 0 Å². The van der Waals surface area contributed by atoms with Gasteiger partial charge in [-0.15, -0.1) is 0 Å². The first-order chi connectivity index (χ1) is 7.07. The van der Waals surface area contributed by atoms with Gasteiger partial charge in [-0.3, -0.25) is 0 Å². The van der Waals surface area contributed by atoms with E-state index in [1.807, 2.05) is 10.9 Å². The molecule has 2 heterocycles. The Kier molecular flexibility index (Phi) is 2.83. The highest BCUT2D eigenvalue weighted by molar-refractivity contribution is 5.15. The molecule has 0 saturated carbocycles. The zero-order valence-corrected chi connectivity index (χ0v) is 9.86. The molecule has 0 aliphatic carbocycles. The fourth-order valence-electron chi connectivity index (χ4n) is 1.82. The Balaban J connectivity index is 2.12. The van der Waals surface area contributed by atoms with Crippen LogP contribution in [0, 0.1) is 0 Å². The van der Waals surface area contributed by atoms with E-state index in [0.29, 0.717) is 0 Å². The average molecular weight is 208 g/mol. The number of aromatic nitrogens is 2. The summed E-state index contributed by atoms with van der Waals surface area (Å²) in [7, 11) is 0. The largest absolute Gasteiger partial charge is 0.357 e. The van der Waals surface area contributed by atoms with Crippen molar-refractivity contribution in [2.45, 2.75) is 51.7 Å². The van der Waals surface area contributed by atoms with Crippen molar-refractivity contribution in [3.8, 4) is 0 Å². The van der Waals surface area contributed by atoms with E-state index >= 15 is 0 Å². The minimum absolute atomic E-state index is 0.162. The van der Waals surface area contributed by atoms with Gasteiger partial charge in [0.2, 0.25) is 0 Å². The molecule has 1 atom stereocenters. The molecule has 1 aliphatic rings. The molecule has 0 radical (unpaired) electrons. The summed E-state index contributed by atoms with van der Waals surface area (Å²) in [6.45, 7) is 7.48. The van der Waals surface area contributed by atoms with Crippen LogP contribution in [0.1, 0.15) is 51.8 Å². The van der Waals surface area contributed by atoms with Crippen molar-refractivity contribution in [1.82, 2.24) is 9.78 Å². The third-order valence-electron chi connectivity index (χ3n) is 2.92. The molecule has 1 saturated heterocycles. The Labute approximate surface area is 91.4 Å². The van der Waals surface area contributed by atoms with Gasteiger partial charge in [-0.05, 0) is 30.2 Å². The van der Waals surface area contributed by atoms with Crippen LogP contribution in [0.2, 0.25) is 0 Å². The Morgan fingerprint density at radius 1 is 1.40 bits per heavy atom. The second-order valence-corrected chi connectivity index (χ2v) is 5.28. The molecule has 1 aromatic rings. The first-order valence-electron chi connectivity index (χ1n) is 5.73. The molecular weight excluding hydrogens is 188 g/mol. The van der Waals surface area contributed by atoms with E-state index in [1.165, 1.54) is 18.4 Å². The van der Waals surface area contributed by atoms with Crippen LogP contribution in [0.3, 0.4) is 0 Å². The van der Waals surface area contributed by atoms with Crippen LogP contribution in [-0.4, -0.2) is 16.4 Å². The van der Waals surface area contributed by atoms with E-state index < -0.39 is 0 Å². The second kappa shape index (κ2) is 3.97. The van der Waals surface area contributed by atoms with Crippen molar-refractivity contribution >= 4 is 0 Å². The van der Waals surface area contributed by atoms with E-state index in [2.05, 4.69) is 32.1 Å². The third-order valence-corrected chi connectivity index (χ3v) is 2.92. The van der Waals surface area contributed by atoms with E-state index in [4.69, 9.17) is 4.74 Å². The van der Waals surface area contributed by atoms with Crippen LogP contribution in [0.4, 0.5) is 0 Å². The Morgan fingerprint density at radius 3 is 2.73 bits per heavy atom. The summed E-state index contributed by atoms with van der Waals surface area (Å²) in [5, 5.41) is 4.40. The lowest BCUT2D eigenvalue weighted by Gasteiger charge is -2.23. The molecule has 15 heavy (non-hydrogen) atoms. The first kappa shape index (κ1) is 10.7. The van der Waals surface area contributed by atoms with Gasteiger partial charge < -0.3 is 4.74 Å². The van der Waals surface area contributed by atoms with Crippen LogP contribution in [0.25, 0.3) is 0 Å². The van der Waals surface area contributed by atoms with Crippen LogP contribution >= 0.6 is 0 Å². The molecule has 3 heteroatoms. The fourth-order valence-corrected chi connectivity index (χ4v) is 1.82. The Hall–Kier alpha value is -0.830. The molecular formula is C12H20N2O. The molecule has 1 aromatic heterocycles. The van der Waals surface area contributed by atoms with Crippen LogP contribution in [-0.2, 0) is 10.2 Å². The zero-order chi connectivity index (χ0) is 10.9. The maximum Gasteiger partial charge on any atom is 0.150 e. The van der Waals surface area contributed by atoms with E-state index in [-0.39, 0.29) is 11.6 Å². The lowest BCUT2D eigenvalue weighted by molar-refractivity contribution is -0.0395. The smallest absolute Gasteiger partial charge is 0.150 e. The van der Waals surface area contributed by atoms with Gasteiger partial charge in [-0.2, -0.15) is 5.10 Å². The average Bonchev–Trinajstić information content (AvgIpc) is 2.67. The Bertz CT molecular complexity index is 319. The van der Waals surface area contributed by atoms with Crippen molar-refractivity contribution in [3.05, 3.63) is 18.0 Å². The fraction of sp³-hybridized carbons (Fsp3) is 0.750. The van der Waals surface area contributed by atoms with E-state index in [0.717, 1.165) is 13.0 Å². The summed E-state index contributed by atoms with van der Waals surface area (Å²) < 4.78 is 7.66.